The molecule has 0 spiro atoms. The molecule has 0 bridgehead atoms. The van der Waals surface area contributed by atoms with Gasteiger partial charge < -0.3 is 10.4 Å². The van der Waals surface area contributed by atoms with E-state index in [1.165, 1.54) is 6.42 Å². The molecule has 1 aromatic carbocycles. The van der Waals surface area contributed by atoms with Crippen molar-refractivity contribution in [2.45, 2.75) is 37.6 Å². The van der Waals surface area contributed by atoms with Crippen LogP contribution in [-0.4, -0.2) is 17.1 Å². The number of carbonyl (C=O) groups is 1. The summed E-state index contributed by atoms with van der Waals surface area (Å²) in [4.78, 5) is 11.6. The van der Waals surface area contributed by atoms with Crippen LogP contribution in [0.25, 0.3) is 0 Å². The van der Waals surface area contributed by atoms with Crippen LogP contribution >= 0.6 is 0 Å². The van der Waals surface area contributed by atoms with E-state index < -0.39 is 5.97 Å². The number of nitrogens with one attached hydrogen (secondary N) is 1. The van der Waals surface area contributed by atoms with Crippen molar-refractivity contribution in [3.05, 3.63) is 53.6 Å². The number of hydrogen-bond donors (Lipinski definition) is 2. The van der Waals surface area contributed by atoms with Crippen LogP contribution in [-0.2, 0) is 0 Å². The Morgan fingerprint density at radius 3 is 2.86 bits per heavy atom. The zero-order valence-electron chi connectivity index (χ0n) is 12.5. The summed E-state index contributed by atoms with van der Waals surface area (Å²) in [7, 11) is 0. The number of aromatic carboxylic acids is 1. The van der Waals surface area contributed by atoms with E-state index in [-0.39, 0.29) is 0 Å². The minimum atomic E-state index is -0.841. The third-order valence-corrected chi connectivity index (χ3v) is 5.49. The topological polar surface area (TPSA) is 49.3 Å². The van der Waals surface area contributed by atoms with Gasteiger partial charge in [-0.1, -0.05) is 36.4 Å². The molecule has 0 unspecified atom stereocenters. The molecule has 3 aliphatic rings. The molecule has 0 saturated heterocycles. The lowest BCUT2D eigenvalue weighted by molar-refractivity contribution is 0.0697. The highest BCUT2D eigenvalue weighted by molar-refractivity contribution is 5.95. The molecule has 0 fully saturated rings. The fourth-order valence-electron chi connectivity index (χ4n) is 4.45. The predicted octanol–water partition coefficient (Wildman–Crippen LogP) is 4.19. The van der Waals surface area contributed by atoms with Gasteiger partial charge in [-0.05, 0) is 49.1 Å². The first kappa shape index (κ1) is 13.6. The third kappa shape index (κ3) is 2.07. The summed E-state index contributed by atoms with van der Waals surface area (Å²) in [6.45, 7) is 0. The van der Waals surface area contributed by atoms with Crippen LogP contribution in [0.5, 0.6) is 0 Å². The summed E-state index contributed by atoms with van der Waals surface area (Å²) >= 11 is 0. The first-order valence-electron chi connectivity index (χ1n) is 8.20. The van der Waals surface area contributed by atoms with Crippen LogP contribution < -0.4 is 5.32 Å². The molecule has 3 heteroatoms. The van der Waals surface area contributed by atoms with Gasteiger partial charge in [0.1, 0.15) is 0 Å². The molecule has 1 heterocycles. The average molecular weight is 295 g/mol. The highest BCUT2D eigenvalue weighted by Crippen LogP contribution is 2.48. The van der Waals surface area contributed by atoms with Crippen LogP contribution in [0.15, 0.2) is 42.5 Å². The van der Waals surface area contributed by atoms with Crippen molar-refractivity contribution in [2.75, 3.05) is 5.32 Å². The second kappa shape index (κ2) is 5.31. The molecule has 1 aromatic rings. The standard InChI is InChI=1S/C19H21NO2/c21-19(22)16-11-5-10-15-13-8-4-9-14(13)17(20-18(15)16)12-6-2-1-3-7-12/h1-2,4-5,8,10-14,17,20H,3,6-7,9H2,(H,21,22)/t12-,13+,14-,17+/m0/s1. The maximum absolute atomic E-state index is 11.6. The second-order valence-corrected chi connectivity index (χ2v) is 6.64. The van der Waals surface area contributed by atoms with E-state index in [4.69, 9.17) is 0 Å². The lowest BCUT2D eigenvalue weighted by atomic mass is 9.71. The monoisotopic (exact) mass is 295 g/mol. The van der Waals surface area contributed by atoms with Gasteiger partial charge in [0, 0.05) is 12.0 Å². The Bertz CT molecular complexity index is 661. The zero-order valence-corrected chi connectivity index (χ0v) is 12.5. The number of carboxylic acid groups (broad SMARTS) is 1. The van der Waals surface area contributed by atoms with Crippen LogP contribution in [0.4, 0.5) is 5.69 Å². The Kier molecular flexibility index (Phi) is 3.29. The van der Waals surface area contributed by atoms with E-state index in [1.54, 1.807) is 6.07 Å². The Morgan fingerprint density at radius 1 is 1.18 bits per heavy atom. The molecule has 2 N–H and O–H groups in total. The van der Waals surface area contributed by atoms with Gasteiger partial charge in [0.2, 0.25) is 0 Å². The van der Waals surface area contributed by atoms with Crippen LogP contribution in [0.3, 0.4) is 0 Å². The SMILES string of the molecule is O=C(O)c1cccc2c1N[C@H]([C@H]1CC=CCC1)[C@H]1CC=C[C@@H]21. The van der Waals surface area contributed by atoms with Crippen LogP contribution in [0, 0.1) is 11.8 Å². The number of para-hydroxylation sites is 1. The fourth-order valence-corrected chi connectivity index (χ4v) is 4.45. The third-order valence-electron chi connectivity index (χ3n) is 5.49. The summed E-state index contributed by atoms with van der Waals surface area (Å²) in [6, 6.07) is 6.04. The number of fused-ring (bicyclic) bond motifs is 3. The Hall–Kier alpha value is -2.03. The molecule has 3 nitrogen and oxygen atoms in total. The van der Waals surface area contributed by atoms with Crippen molar-refractivity contribution in [1.82, 2.24) is 0 Å². The van der Waals surface area contributed by atoms with Gasteiger partial charge in [-0.2, -0.15) is 0 Å². The van der Waals surface area contributed by atoms with Crippen LogP contribution in [0.1, 0.15) is 47.5 Å². The van der Waals surface area contributed by atoms with Gasteiger partial charge in [-0.3, -0.25) is 0 Å². The van der Waals surface area contributed by atoms with Crippen molar-refractivity contribution in [3.8, 4) is 0 Å². The first-order valence-corrected chi connectivity index (χ1v) is 8.20. The largest absolute Gasteiger partial charge is 0.478 e. The lowest BCUT2D eigenvalue weighted by Gasteiger charge is -2.42. The molecule has 4 atom stereocenters. The molecule has 0 radical (unpaired) electrons. The van der Waals surface area contributed by atoms with Crippen molar-refractivity contribution < 1.29 is 9.90 Å². The minimum absolute atomic E-state index is 0.367. The lowest BCUT2D eigenvalue weighted by Crippen LogP contribution is -2.42. The molecular formula is C19H21NO2. The number of allylic oxidation sites excluding steroid dienone is 4. The van der Waals surface area contributed by atoms with Gasteiger partial charge in [-0.25, -0.2) is 4.79 Å². The van der Waals surface area contributed by atoms with Crippen molar-refractivity contribution in [2.24, 2.45) is 11.8 Å². The fraction of sp³-hybridized carbons (Fsp3) is 0.421. The second-order valence-electron chi connectivity index (χ2n) is 6.64. The summed E-state index contributed by atoms with van der Waals surface area (Å²) in [5.41, 5.74) is 2.41. The average Bonchev–Trinajstić information content (AvgIpc) is 3.04. The van der Waals surface area contributed by atoms with Crippen molar-refractivity contribution >= 4 is 11.7 Å². The molecular weight excluding hydrogens is 274 g/mol. The quantitative estimate of drug-likeness (QED) is 0.804. The van der Waals surface area contributed by atoms with E-state index >= 15 is 0 Å². The maximum Gasteiger partial charge on any atom is 0.337 e. The summed E-state index contributed by atoms with van der Waals surface area (Å²) < 4.78 is 0. The van der Waals surface area contributed by atoms with Gasteiger partial charge in [0.15, 0.2) is 0 Å². The zero-order chi connectivity index (χ0) is 15.1. The van der Waals surface area contributed by atoms with E-state index in [0.717, 1.165) is 30.5 Å². The molecule has 4 rings (SSSR count). The number of carboxylic acids is 1. The highest BCUT2D eigenvalue weighted by Gasteiger charge is 2.41. The predicted molar refractivity (Wildman–Crippen MR) is 87.3 cm³/mol. The summed E-state index contributed by atoms with van der Waals surface area (Å²) in [5, 5.41) is 13.1. The van der Waals surface area contributed by atoms with Gasteiger partial charge >= 0.3 is 5.97 Å². The number of anilines is 1. The Balaban J connectivity index is 1.76. The molecule has 1 aliphatic heterocycles. The highest BCUT2D eigenvalue weighted by atomic mass is 16.4. The number of benzene rings is 1. The van der Waals surface area contributed by atoms with E-state index in [0.29, 0.717) is 29.4 Å². The Labute approximate surface area is 130 Å². The summed E-state index contributed by atoms with van der Waals surface area (Å²) in [5.74, 6) is 0.693. The van der Waals surface area contributed by atoms with Gasteiger partial charge in [0.25, 0.3) is 0 Å². The molecule has 114 valence electrons. The van der Waals surface area contributed by atoms with E-state index in [9.17, 15) is 9.90 Å². The molecule has 0 saturated carbocycles. The molecule has 0 amide bonds. The smallest absolute Gasteiger partial charge is 0.337 e. The van der Waals surface area contributed by atoms with E-state index in [2.05, 4.69) is 35.7 Å². The summed E-state index contributed by atoms with van der Waals surface area (Å²) in [6.07, 6.45) is 13.6. The molecule has 2 aliphatic carbocycles. The normalized spacial score (nSPS) is 32.2. The maximum atomic E-state index is 11.6. The minimum Gasteiger partial charge on any atom is -0.478 e. The first-order chi connectivity index (χ1) is 10.8. The number of hydrogen-bond acceptors (Lipinski definition) is 2. The molecule has 0 aromatic heterocycles. The van der Waals surface area contributed by atoms with Crippen LogP contribution in [0.2, 0.25) is 0 Å². The Morgan fingerprint density at radius 2 is 2.09 bits per heavy atom. The number of rotatable bonds is 2. The van der Waals surface area contributed by atoms with Crippen molar-refractivity contribution in [3.63, 3.8) is 0 Å². The van der Waals surface area contributed by atoms with Crippen molar-refractivity contribution in [1.29, 1.82) is 0 Å². The van der Waals surface area contributed by atoms with Gasteiger partial charge in [-0.15, -0.1) is 0 Å². The molecule has 22 heavy (non-hydrogen) atoms. The van der Waals surface area contributed by atoms with E-state index in [1.807, 2.05) is 6.07 Å². The van der Waals surface area contributed by atoms with Gasteiger partial charge in [0.05, 0.1) is 11.3 Å².